The van der Waals surface area contributed by atoms with E-state index in [2.05, 4.69) is 10.7 Å². The number of amides is 2. The maximum Gasteiger partial charge on any atom is 0.262 e. The third-order valence-electron chi connectivity index (χ3n) is 2.71. The maximum absolute atomic E-state index is 11.2. The Balaban J connectivity index is 1.96. The van der Waals surface area contributed by atoms with E-state index in [4.69, 9.17) is 10.6 Å². The summed E-state index contributed by atoms with van der Waals surface area (Å²) < 4.78 is 5.26. The predicted octanol–water partition coefficient (Wildman–Crippen LogP) is 0.330. The number of fused-ring (bicyclic) bond motifs is 1. The molecule has 2 amide bonds. The zero-order valence-electron chi connectivity index (χ0n) is 9.86. The van der Waals surface area contributed by atoms with Crippen molar-refractivity contribution in [3.63, 3.8) is 0 Å². The Morgan fingerprint density at radius 2 is 2.33 bits per heavy atom. The molecule has 18 heavy (non-hydrogen) atoms. The fourth-order valence-electron chi connectivity index (χ4n) is 1.81. The van der Waals surface area contributed by atoms with Gasteiger partial charge in [0.05, 0.1) is 5.69 Å². The summed E-state index contributed by atoms with van der Waals surface area (Å²) in [4.78, 5) is 22.1. The minimum Gasteiger partial charge on any atom is -0.482 e. The monoisotopic (exact) mass is 249 g/mol. The summed E-state index contributed by atoms with van der Waals surface area (Å²) in [5.41, 5.74) is 3.82. The van der Waals surface area contributed by atoms with E-state index in [1.54, 1.807) is 0 Å². The topological polar surface area (TPSA) is 93.5 Å². The number of benzene rings is 1. The van der Waals surface area contributed by atoms with Gasteiger partial charge in [0.1, 0.15) is 5.75 Å². The number of nitrogens with one attached hydrogen (secondary N) is 2. The number of nitrogens with two attached hydrogens (primary N) is 1. The van der Waals surface area contributed by atoms with E-state index in [-0.39, 0.29) is 18.4 Å². The van der Waals surface area contributed by atoms with Crippen molar-refractivity contribution < 1.29 is 14.3 Å². The highest BCUT2D eigenvalue weighted by Crippen LogP contribution is 2.28. The summed E-state index contributed by atoms with van der Waals surface area (Å²) in [5, 5.41) is 2.75. The van der Waals surface area contributed by atoms with Crippen LogP contribution in [0.5, 0.6) is 5.75 Å². The first-order valence-corrected chi connectivity index (χ1v) is 5.74. The van der Waals surface area contributed by atoms with Crippen molar-refractivity contribution in [2.45, 2.75) is 19.3 Å². The average Bonchev–Trinajstić information content (AvgIpc) is 2.38. The lowest BCUT2D eigenvalue weighted by molar-refractivity contribution is -0.121. The molecule has 0 aromatic heterocycles. The van der Waals surface area contributed by atoms with Gasteiger partial charge in [0.2, 0.25) is 5.91 Å². The smallest absolute Gasteiger partial charge is 0.262 e. The van der Waals surface area contributed by atoms with Crippen molar-refractivity contribution in [3.8, 4) is 5.75 Å². The molecule has 1 aliphatic rings. The number of hydrogen-bond donors (Lipinski definition) is 3. The van der Waals surface area contributed by atoms with E-state index >= 15 is 0 Å². The fourth-order valence-corrected chi connectivity index (χ4v) is 1.81. The number of carbonyl (C=O) groups is 2. The van der Waals surface area contributed by atoms with E-state index in [0.717, 1.165) is 12.0 Å². The third-order valence-corrected chi connectivity index (χ3v) is 2.71. The van der Waals surface area contributed by atoms with Gasteiger partial charge in [-0.2, -0.15) is 0 Å². The molecular weight excluding hydrogens is 234 g/mol. The van der Waals surface area contributed by atoms with E-state index < -0.39 is 0 Å². The maximum atomic E-state index is 11.2. The van der Waals surface area contributed by atoms with Crippen molar-refractivity contribution in [1.29, 1.82) is 0 Å². The molecule has 0 bridgehead atoms. The van der Waals surface area contributed by atoms with Crippen LogP contribution in [-0.2, 0) is 16.0 Å². The van der Waals surface area contributed by atoms with Crippen LogP contribution in [0.2, 0.25) is 0 Å². The summed E-state index contributed by atoms with van der Waals surface area (Å²) in [6.07, 6.45) is 1.84. The number of rotatable bonds is 4. The summed E-state index contributed by atoms with van der Waals surface area (Å²) in [6, 6.07) is 5.62. The largest absolute Gasteiger partial charge is 0.482 e. The van der Waals surface area contributed by atoms with Crippen LogP contribution in [0, 0.1) is 0 Å². The number of anilines is 1. The molecule has 0 atom stereocenters. The van der Waals surface area contributed by atoms with Crippen LogP contribution >= 0.6 is 0 Å². The highest BCUT2D eigenvalue weighted by Gasteiger charge is 2.15. The first kappa shape index (κ1) is 12.4. The zero-order valence-corrected chi connectivity index (χ0v) is 9.86. The molecule has 1 heterocycles. The van der Waals surface area contributed by atoms with Gasteiger partial charge in [-0.3, -0.25) is 15.0 Å². The van der Waals surface area contributed by atoms with Crippen molar-refractivity contribution in [2.75, 3.05) is 11.9 Å². The third kappa shape index (κ3) is 2.98. The number of aryl methyl sites for hydroxylation is 1. The molecule has 96 valence electrons. The summed E-state index contributed by atoms with van der Waals surface area (Å²) in [7, 11) is 0. The fraction of sp³-hybridized carbons (Fsp3) is 0.333. The van der Waals surface area contributed by atoms with E-state index in [1.165, 1.54) is 0 Å². The lowest BCUT2D eigenvalue weighted by atomic mass is 10.1. The molecule has 0 saturated heterocycles. The van der Waals surface area contributed by atoms with Crippen LogP contribution in [-0.4, -0.2) is 18.4 Å². The zero-order chi connectivity index (χ0) is 13.0. The van der Waals surface area contributed by atoms with Crippen molar-refractivity contribution in [2.24, 2.45) is 5.84 Å². The Morgan fingerprint density at radius 1 is 1.50 bits per heavy atom. The first-order chi connectivity index (χ1) is 8.69. The van der Waals surface area contributed by atoms with Crippen LogP contribution in [0.3, 0.4) is 0 Å². The van der Waals surface area contributed by atoms with Crippen molar-refractivity contribution in [3.05, 3.63) is 23.8 Å². The summed E-state index contributed by atoms with van der Waals surface area (Å²) in [6.45, 7) is 0.0585. The highest BCUT2D eigenvalue weighted by atomic mass is 16.5. The molecule has 0 fully saturated rings. The Kier molecular flexibility index (Phi) is 3.78. The molecule has 2 rings (SSSR count). The summed E-state index contributed by atoms with van der Waals surface area (Å²) >= 11 is 0. The van der Waals surface area contributed by atoms with Crippen LogP contribution in [0.25, 0.3) is 0 Å². The average molecular weight is 249 g/mol. The lowest BCUT2D eigenvalue weighted by Gasteiger charge is -2.18. The SMILES string of the molecule is NNC(=O)CCCc1ccc2c(c1)NC(=O)CO2. The molecule has 0 aliphatic carbocycles. The van der Waals surface area contributed by atoms with E-state index in [1.807, 2.05) is 18.2 Å². The number of carbonyl (C=O) groups excluding carboxylic acids is 2. The van der Waals surface area contributed by atoms with Gasteiger partial charge < -0.3 is 10.1 Å². The number of hydrazine groups is 1. The minimum atomic E-state index is -0.176. The standard InChI is InChI=1S/C12H15N3O3/c13-15-11(16)3-1-2-8-4-5-10-9(6-8)14-12(17)7-18-10/h4-6H,1-3,7,13H2,(H,14,17)(H,15,16). The predicted molar refractivity (Wildman–Crippen MR) is 65.8 cm³/mol. The van der Waals surface area contributed by atoms with Crippen molar-refractivity contribution >= 4 is 17.5 Å². The normalized spacial score (nSPS) is 13.3. The van der Waals surface area contributed by atoms with Gasteiger partial charge in [-0.05, 0) is 30.5 Å². The second-order valence-corrected chi connectivity index (χ2v) is 4.09. The Bertz CT molecular complexity index is 474. The van der Waals surface area contributed by atoms with Crippen LogP contribution in [0.4, 0.5) is 5.69 Å². The first-order valence-electron chi connectivity index (χ1n) is 5.74. The van der Waals surface area contributed by atoms with Crippen LogP contribution in [0.15, 0.2) is 18.2 Å². The van der Waals surface area contributed by atoms with Gasteiger partial charge in [-0.1, -0.05) is 6.07 Å². The molecular formula is C12H15N3O3. The highest BCUT2D eigenvalue weighted by molar-refractivity contribution is 5.95. The number of hydrogen-bond acceptors (Lipinski definition) is 4. The van der Waals surface area contributed by atoms with Gasteiger partial charge in [-0.15, -0.1) is 0 Å². The van der Waals surface area contributed by atoms with E-state index in [0.29, 0.717) is 24.3 Å². The molecule has 6 heteroatoms. The molecule has 1 aliphatic heterocycles. The molecule has 0 unspecified atom stereocenters. The molecule has 0 spiro atoms. The quantitative estimate of drug-likeness (QED) is 0.407. The van der Waals surface area contributed by atoms with Crippen LogP contribution < -0.4 is 21.3 Å². The van der Waals surface area contributed by atoms with E-state index in [9.17, 15) is 9.59 Å². The number of ether oxygens (including phenoxy) is 1. The lowest BCUT2D eigenvalue weighted by Crippen LogP contribution is -2.29. The molecule has 0 radical (unpaired) electrons. The Labute approximate surface area is 104 Å². The Morgan fingerprint density at radius 3 is 3.11 bits per heavy atom. The second-order valence-electron chi connectivity index (χ2n) is 4.09. The van der Waals surface area contributed by atoms with Gasteiger partial charge in [0.15, 0.2) is 6.61 Å². The molecule has 6 nitrogen and oxygen atoms in total. The molecule has 1 aromatic rings. The van der Waals surface area contributed by atoms with Crippen molar-refractivity contribution in [1.82, 2.24) is 5.43 Å². The minimum absolute atomic E-state index is 0.0585. The van der Waals surface area contributed by atoms with Crippen LogP contribution in [0.1, 0.15) is 18.4 Å². The summed E-state index contributed by atoms with van der Waals surface area (Å²) in [5.74, 6) is 5.35. The second kappa shape index (κ2) is 5.50. The Hall–Kier alpha value is -2.08. The molecule has 4 N–H and O–H groups in total. The molecule has 0 saturated carbocycles. The van der Waals surface area contributed by atoms with Gasteiger partial charge >= 0.3 is 0 Å². The van der Waals surface area contributed by atoms with Gasteiger partial charge in [0.25, 0.3) is 5.91 Å². The van der Waals surface area contributed by atoms with Gasteiger partial charge in [0, 0.05) is 6.42 Å². The van der Waals surface area contributed by atoms with Gasteiger partial charge in [-0.25, -0.2) is 5.84 Å². The molecule has 1 aromatic carbocycles.